The predicted octanol–water partition coefficient (Wildman–Crippen LogP) is 5.54. The molecule has 0 N–H and O–H groups in total. The molecular weight excluding hydrogens is 218 g/mol. The summed E-state index contributed by atoms with van der Waals surface area (Å²) in [6, 6.07) is 0. The SMILES string of the molecule is CCCCC1CCC(C2CC(=C(F)F)C2)CC1. The van der Waals surface area contributed by atoms with Crippen LogP contribution in [0.15, 0.2) is 11.7 Å². The zero-order valence-electron chi connectivity index (χ0n) is 10.9. The molecule has 0 saturated heterocycles. The quantitative estimate of drug-likeness (QED) is 0.607. The van der Waals surface area contributed by atoms with Crippen LogP contribution in [0.5, 0.6) is 0 Å². The van der Waals surface area contributed by atoms with Gasteiger partial charge in [0.2, 0.25) is 0 Å². The Morgan fingerprint density at radius 1 is 1.06 bits per heavy atom. The minimum atomic E-state index is -1.40. The fourth-order valence-corrected chi connectivity index (χ4v) is 3.50. The summed E-state index contributed by atoms with van der Waals surface area (Å²) in [5.41, 5.74) is 0.433. The molecule has 0 spiro atoms. The van der Waals surface area contributed by atoms with Crippen molar-refractivity contribution >= 4 is 0 Å². The molecule has 0 aromatic carbocycles. The average Bonchev–Trinajstić information content (AvgIpc) is 2.25. The first-order valence-electron chi connectivity index (χ1n) is 7.23. The highest BCUT2D eigenvalue weighted by molar-refractivity contribution is 5.14. The van der Waals surface area contributed by atoms with Gasteiger partial charge in [-0.05, 0) is 49.0 Å². The molecule has 0 aromatic heterocycles. The molecule has 98 valence electrons. The standard InChI is InChI=1S/C15H24F2/c1-2-3-4-11-5-7-12(8-6-11)13-9-14(10-13)15(16)17/h11-13H,2-10H2,1H3. The molecule has 2 heteroatoms. The maximum atomic E-state index is 12.3. The summed E-state index contributed by atoms with van der Waals surface area (Å²) in [6.07, 6.45) is 9.29. The van der Waals surface area contributed by atoms with Gasteiger partial charge < -0.3 is 0 Å². The van der Waals surface area contributed by atoms with Crippen LogP contribution in [0.4, 0.5) is 8.78 Å². The van der Waals surface area contributed by atoms with Crippen LogP contribution in [0.1, 0.15) is 64.7 Å². The van der Waals surface area contributed by atoms with Crippen molar-refractivity contribution in [1.82, 2.24) is 0 Å². The summed E-state index contributed by atoms with van der Waals surface area (Å²) >= 11 is 0. The van der Waals surface area contributed by atoms with Crippen LogP contribution < -0.4 is 0 Å². The third kappa shape index (κ3) is 3.29. The zero-order chi connectivity index (χ0) is 12.3. The fraction of sp³-hybridized carbons (Fsp3) is 0.867. The minimum Gasteiger partial charge on any atom is -0.173 e. The van der Waals surface area contributed by atoms with Crippen molar-refractivity contribution in [1.29, 1.82) is 0 Å². The van der Waals surface area contributed by atoms with Crippen molar-refractivity contribution in [3.8, 4) is 0 Å². The Hall–Kier alpha value is -0.400. The lowest BCUT2D eigenvalue weighted by atomic mass is 9.66. The van der Waals surface area contributed by atoms with E-state index in [2.05, 4.69) is 6.92 Å². The van der Waals surface area contributed by atoms with E-state index in [0.29, 0.717) is 24.3 Å². The van der Waals surface area contributed by atoms with Gasteiger partial charge in [0, 0.05) is 0 Å². The second-order valence-corrected chi connectivity index (χ2v) is 5.96. The largest absolute Gasteiger partial charge is 0.269 e. The van der Waals surface area contributed by atoms with Gasteiger partial charge in [-0.3, -0.25) is 0 Å². The van der Waals surface area contributed by atoms with Gasteiger partial charge >= 0.3 is 0 Å². The lowest BCUT2D eigenvalue weighted by Crippen LogP contribution is -2.28. The molecule has 2 aliphatic carbocycles. The summed E-state index contributed by atoms with van der Waals surface area (Å²) in [7, 11) is 0. The van der Waals surface area contributed by atoms with Gasteiger partial charge in [0.15, 0.2) is 0 Å². The molecule has 2 rings (SSSR count). The van der Waals surface area contributed by atoms with Crippen LogP contribution in [-0.4, -0.2) is 0 Å². The van der Waals surface area contributed by atoms with Crippen molar-refractivity contribution in [2.75, 3.05) is 0 Å². The van der Waals surface area contributed by atoms with Crippen molar-refractivity contribution < 1.29 is 8.78 Å². The second kappa shape index (κ2) is 5.97. The van der Waals surface area contributed by atoms with E-state index in [1.54, 1.807) is 0 Å². The van der Waals surface area contributed by atoms with Crippen LogP contribution in [0.2, 0.25) is 0 Å². The molecule has 0 atom stereocenters. The van der Waals surface area contributed by atoms with Crippen molar-refractivity contribution in [3.05, 3.63) is 11.7 Å². The third-order valence-corrected chi connectivity index (χ3v) is 4.81. The predicted molar refractivity (Wildman–Crippen MR) is 66.9 cm³/mol. The van der Waals surface area contributed by atoms with E-state index < -0.39 is 6.08 Å². The van der Waals surface area contributed by atoms with Gasteiger partial charge in [-0.25, -0.2) is 0 Å². The average molecular weight is 242 g/mol. The molecule has 0 heterocycles. The molecule has 0 bridgehead atoms. The minimum absolute atomic E-state index is 0.433. The Morgan fingerprint density at radius 3 is 2.24 bits per heavy atom. The van der Waals surface area contributed by atoms with Crippen LogP contribution in [-0.2, 0) is 0 Å². The summed E-state index contributed by atoms with van der Waals surface area (Å²) in [5.74, 6) is 2.26. The monoisotopic (exact) mass is 242 g/mol. The third-order valence-electron chi connectivity index (χ3n) is 4.81. The van der Waals surface area contributed by atoms with Crippen molar-refractivity contribution in [2.45, 2.75) is 64.7 Å². The lowest BCUT2D eigenvalue weighted by Gasteiger charge is -2.39. The van der Waals surface area contributed by atoms with Gasteiger partial charge in [0.05, 0.1) is 0 Å². The van der Waals surface area contributed by atoms with Crippen LogP contribution in [0.3, 0.4) is 0 Å². The van der Waals surface area contributed by atoms with E-state index in [1.165, 1.54) is 44.9 Å². The molecule has 0 aliphatic heterocycles. The maximum absolute atomic E-state index is 12.3. The first kappa shape index (κ1) is 13.0. The van der Waals surface area contributed by atoms with Gasteiger partial charge in [-0.1, -0.05) is 39.0 Å². The molecule has 0 unspecified atom stereocenters. The summed E-state index contributed by atoms with van der Waals surface area (Å²) in [6.45, 7) is 2.25. The first-order valence-corrected chi connectivity index (χ1v) is 7.23. The zero-order valence-corrected chi connectivity index (χ0v) is 10.9. The van der Waals surface area contributed by atoms with Gasteiger partial charge in [0.25, 0.3) is 6.08 Å². The van der Waals surface area contributed by atoms with E-state index in [-0.39, 0.29) is 0 Å². The normalized spacial score (nSPS) is 33.4. The van der Waals surface area contributed by atoms with E-state index in [9.17, 15) is 8.78 Å². The summed E-state index contributed by atoms with van der Waals surface area (Å²) < 4.78 is 24.6. The van der Waals surface area contributed by atoms with Crippen LogP contribution in [0, 0.1) is 17.8 Å². The number of hydrogen-bond donors (Lipinski definition) is 0. The molecule has 17 heavy (non-hydrogen) atoms. The number of rotatable bonds is 4. The summed E-state index contributed by atoms with van der Waals surface area (Å²) in [5, 5.41) is 0. The number of unbranched alkanes of at least 4 members (excludes halogenated alkanes) is 1. The Balaban J connectivity index is 1.68. The maximum Gasteiger partial charge on any atom is 0.269 e. The summed E-state index contributed by atoms with van der Waals surface area (Å²) in [4.78, 5) is 0. The van der Waals surface area contributed by atoms with E-state index in [1.807, 2.05) is 0 Å². The highest BCUT2D eigenvalue weighted by Gasteiger charge is 2.35. The van der Waals surface area contributed by atoms with Crippen LogP contribution >= 0.6 is 0 Å². The first-order chi connectivity index (χ1) is 8.20. The molecule has 0 amide bonds. The fourth-order valence-electron chi connectivity index (χ4n) is 3.50. The Kier molecular flexibility index (Phi) is 4.58. The van der Waals surface area contributed by atoms with Gasteiger partial charge in [-0.2, -0.15) is 8.78 Å². The molecule has 0 radical (unpaired) electrons. The van der Waals surface area contributed by atoms with Crippen LogP contribution in [0.25, 0.3) is 0 Å². The smallest absolute Gasteiger partial charge is 0.173 e. The molecule has 0 nitrogen and oxygen atoms in total. The van der Waals surface area contributed by atoms with E-state index in [0.717, 1.165) is 11.8 Å². The van der Waals surface area contributed by atoms with Crippen molar-refractivity contribution in [3.63, 3.8) is 0 Å². The highest BCUT2D eigenvalue weighted by Crippen LogP contribution is 2.47. The molecule has 0 aromatic rings. The number of allylic oxidation sites excluding steroid dienone is 1. The second-order valence-electron chi connectivity index (χ2n) is 5.96. The molecule has 2 aliphatic rings. The molecule has 2 saturated carbocycles. The Bertz CT molecular complexity index is 263. The Labute approximate surface area is 103 Å². The number of halogens is 2. The number of hydrogen-bond acceptors (Lipinski definition) is 0. The molecular formula is C15H24F2. The van der Waals surface area contributed by atoms with Gasteiger partial charge in [0.1, 0.15) is 0 Å². The van der Waals surface area contributed by atoms with Crippen molar-refractivity contribution in [2.24, 2.45) is 17.8 Å². The lowest BCUT2D eigenvalue weighted by molar-refractivity contribution is 0.162. The molecule has 2 fully saturated rings. The van der Waals surface area contributed by atoms with E-state index in [4.69, 9.17) is 0 Å². The Morgan fingerprint density at radius 2 is 1.71 bits per heavy atom. The highest BCUT2D eigenvalue weighted by atomic mass is 19.3. The topological polar surface area (TPSA) is 0 Å². The van der Waals surface area contributed by atoms with Gasteiger partial charge in [-0.15, -0.1) is 0 Å². The van der Waals surface area contributed by atoms with E-state index >= 15 is 0 Å².